The summed E-state index contributed by atoms with van der Waals surface area (Å²) in [6.45, 7) is 0. The molecule has 50 heavy (non-hydrogen) atoms. The molecule has 0 N–H and O–H groups in total. The van der Waals surface area contributed by atoms with Gasteiger partial charge in [0.15, 0.2) is 0 Å². The van der Waals surface area contributed by atoms with Crippen molar-refractivity contribution in [3.63, 3.8) is 0 Å². The average molecular weight is 642 g/mol. The summed E-state index contributed by atoms with van der Waals surface area (Å²) < 4.78 is 12.7. The van der Waals surface area contributed by atoms with Crippen LogP contribution in [0.4, 0.5) is 0 Å². The predicted octanol–water partition coefficient (Wildman–Crippen LogP) is 11.0. The van der Waals surface area contributed by atoms with E-state index in [4.69, 9.17) is 14.4 Å². The summed E-state index contributed by atoms with van der Waals surface area (Å²) in [7, 11) is 0. The first-order chi connectivity index (χ1) is 24.8. The molecule has 0 aliphatic rings. The summed E-state index contributed by atoms with van der Waals surface area (Å²) in [5.41, 5.74) is 10.3. The average Bonchev–Trinajstić information content (AvgIpc) is 3.97. The number of rotatable bonds is 4. The summed E-state index contributed by atoms with van der Waals surface area (Å²) in [4.78, 5) is 10.7. The Morgan fingerprint density at radius 3 is 1.86 bits per heavy atom. The lowest BCUT2D eigenvalue weighted by Crippen LogP contribution is -2.04. The van der Waals surface area contributed by atoms with Gasteiger partial charge in [-0.3, -0.25) is 4.57 Å². The number of para-hydroxylation sites is 5. The van der Waals surface area contributed by atoms with E-state index in [-0.39, 0.29) is 0 Å². The van der Waals surface area contributed by atoms with Gasteiger partial charge in [0.05, 0.1) is 38.7 Å². The molecule has 0 atom stereocenters. The Bertz CT molecular complexity index is 3090. The number of aromatic nitrogens is 5. The zero-order valence-corrected chi connectivity index (χ0v) is 26.7. The third kappa shape index (κ3) is 3.73. The molecular weight excluding hydrogens is 615 g/mol. The molecule has 5 aromatic heterocycles. The lowest BCUT2D eigenvalue weighted by Gasteiger charge is -2.13. The van der Waals surface area contributed by atoms with Crippen LogP contribution in [0.1, 0.15) is 0 Å². The second-order valence-corrected chi connectivity index (χ2v) is 12.7. The maximum absolute atomic E-state index is 5.86. The van der Waals surface area contributed by atoms with E-state index in [0.717, 1.165) is 77.3 Å². The minimum atomic E-state index is 0.597. The van der Waals surface area contributed by atoms with Crippen LogP contribution >= 0.6 is 0 Å². The van der Waals surface area contributed by atoms with Crippen molar-refractivity contribution in [2.75, 3.05) is 0 Å². The Kier molecular flexibility index (Phi) is 5.57. The van der Waals surface area contributed by atoms with Gasteiger partial charge in [-0.25, -0.2) is 9.97 Å². The molecule has 0 amide bonds. The molecule has 11 aromatic rings. The monoisotopic (exact) mass is 641 g/mol. The van der Waals surface area contributed by atoms with E-state index in [1.807, 2.05) is 6.07 Å². The van der Waals surface area contributed by atoms with Crippen molar-refractivity contribution < 1.29 is 4.42 Å². The zero-order valence-electron chi connectivity index (χ0n) is 26.7. The van der Waals surface area contributed by atoms with Crippen LogP contribution in [0.3, 0.4) is 0 Å². The van der Waals surface area contributed by atoms with E-state index in [9.17, 15) is 0 Å². The van der Waals surface area contributed by atoms with E-state index in [1.165, 1.54) is 10.8 Å². The summed E-state index contributed by atoms with van der Waals surface area (Å²) in [6, 6.07) is 51.3. The largest absolute Gasteiger partial charge is 0.470 e. The van der Waals surface area contributed by atoms with Gasteiger partial charge in [0, 0.05) is 50.1 Å². The fourth-order valence-corrected chi connectivity index (χ4v) is 7.90. The zero-order chi connectivity index (χ0) is 32.8. The van der Waals surface area contributed by atoms with Gasteiger partial charge in [0.2, 0.25) is 5.95 Å². The van der Waals surface area contributed by atoms with E-state index in [0.29, 0.717) is 5.95 Å². The fraction of sp³-hybridized carbons (Fsp3) is 0. The van der Waals surface area contributed by atoms with E-state index < -0.39 is 0 Å². The molecule has 0 aliphatic carbocycles. The van der Waals surface area contributed by atoms with E-state index in [2.05, 4.69) is 159 Å². The molecule has 6 nitrogen and oxygen atoms in total. The molecule has 0 saturated carbocycles. The molecule has 0 saturated heterocycles. The smallest absolute Gasteiger partial charge is 0.235 e. The van der Waals surface area contributed by atoms with Crippen molar-refractivity contribution in [2.24, 2.45) is 0 Å². The van der Waals surface area contributed by atoms with E-state index >= 15 is 0 Å². The van der Waals surface area contributed by atoms with Crippen LogP contribution in [-0.4, -0.2) is 23.7 Å². The van der Waals surface area contributed by atoms with Crippen molar-refractivity contribution in [2.45, 2.75) is 0 Å². The molecule has 0 aliphatic heterocycles. The molecule has 234 valence electrons. The topological polar surface area (TPSA) is 53.7 Å². The third-order valence-corrected chi connectivity index (χ3v) is 10.0. The Balaban J connectivity index is 1.25. The van der Waals surface area contributed by atoms with Gasteiger partial charge in [-0.1, -0.05) is 97.1 Å². The normalized spacial score (nSPS) is 12.0. The highest BCUT2D eigenvalue weighted by Gasteiger charge is 2.23. The molecule has 0 bridgehead atoms. The van der Waals surface area contributed by atoms with Crippen molar-refractivity contribution in [1.82, 2.24) is 23.7 Å². The number of hydrogen-bond acceptors (Lipinski definition) is 3. The second kappa shape index (κ2) is 10.3. The summed E-state index contributed by atoms with van der Waals surface area (Å²) >= 11 is 0. The predicted molar refractivity (Wildman–Crippen MR) is 203 cm³/mol. The minimum Gasteiger partial charge on any atom is -0.470 e. The van der Waals surface area contributed by atoms with Crippen LogP contribution in [0.2, 0.25) is 0 Å². The highest BCUT2D eigenvalue weighted by molar-refractivity contribution is 6.19. The Morgan fingerprint density at radius 1 is 0.420 bits per heavy atom. The first-order valence-corrected chi connectivity index (χ1v) is 16.7. The molecule has 0 radical (unpaired) electrons. The second-order valence-electron chi connectivity index (χ2n) is 12.7. The molecule has 5 heterocycles. The molecule has 0 spiro atoms. The van der Waals surface area contributed by atoms with Crippen molar-refractivity contribution >= 4 is 65.4 Å². The molecule has 6 heteroatoms. The van der Waals surface area contributed by atoms with Crippen LogP contribution in [0.25, 0.3) is 94.0 Å². The Morgan fingerprint density at radius 2 is 1.08 bits per heavy atom. The Hall–Kier alpha value is -6.92. The summed E-state index contributed by atoms with van der Waals surface area (Å²) in [5, 5.41) is 6.67. The van der Waals surface area contributed by atoms with Crippen LogP contribution in [0.15, 0.2) is 169 Å². The SMILES string of the molecule is c1ccc(-n2ccc3c2ccc2c4ccccc4n(-c4nc(-c5cccc6c7ccccc7n(-c7ccccc7)c56)c5cocc5n4)c23)cc1. The minimum absolute atomic E-state index is 0.597. The number of benzene rings is 6. The molecule has 0 fully saturated rings. The lowest BCUT2D eigenvalue weighted by molar-refractivity contribution is 0.572. The standard InChI is InChI=1S/C44H27N5O/c1-3-12-28(13-4-1)47-25-24-34-38(47)23-22-33-31-17-8-10-21-40(31)49(42(33)34)44-45-37-27-50-26-36(37)41(46-44)35-19-11-18-32-30-16-7-9-20-39(30)48(43(32)35)29-14-5-2-6-15-29/h1-27H. The maximum atomic E-state index is 5.86. The maximum Gasteiger partial charge on any atom is 0.235 e. The number of fused-ring (bicyclic) bond motifs is 9. The van der Waals surface area contributed by atoms with E-state index in [1.54, 1.807) is 12.5 Å². The summed E-state index contributed by atoms with van der Waals surface area (Å²) in [5.74, 6) is 0.597. The third-order valence-electron chi connectivity index (χ3n) is 10.0. The molecule has 0 unspecified atom stereocenters. The van der Waals surface area contributed by atoms with Crippen LogP contribution in [0, 0.1) is 0 Å². The molecular formula is C44H27N5O. The van der Waals surface area contributed by atoms with Gasteiger partial charge in [0.1, 0.15) is 18.0 Å². The number of furan rings is 1. The first-order valence-electron chi connectivity index (χ1n) is 16.7. The van der Waals surface area contributed by atoms with Gasteiger partial charge in [0.25, 0.3) is 0 Å². The number of hydrogen-bond donors (Lipinski definition) is 0. The summed E-state index contributed by atoms with van der Waals surface area (Å²) in [6.07, 6.45) is 5.65. The first kappa shape index (κ1) is 27.1. The van der Waals surface area contributed by atoms with Gasteiger partial charge in [-0.2, -0.15) is 0 Å². The van der Waals surface area contributed by atoms with Crippen LogP contribution in [0.5, 0.6) is 0 Å². The van der Waals surface area contributed by atoms with Crippen LogP contribution < -0.4 is 0 Å². The Labute approximate surface area is 285 Å². The number of nitrogens with zero attached hydrogens (tertiary/aromatic N) is 5. The lowest BCUT2D eigenvalue weighted by atomic mass is 10.0. The van der Waals surface area contributed by atoms with Crippen LogP contribution in [-0.2, 0) is 0 Å². The van der Waals surface area contributed by atoms with Gasteiger partial charge >= 0.3 is 0 Å². The highest BCUT2D eigenvalue weighted by Crippen LogP contribution is 2.41. The fourth-order valence-electron chi connectivity index (χ4n) is 7.90. The van der Waals surface area contributed by atoms with Crippen molar-refractivity contribution in [1.29, 1.82) is 0 Å². The quantitative estimate of drug-likeness (QED) is 0.192. The van der Waals surface area contributed by atoms with Crippen molar-refractivity contribution in [3.8, 4) is 28.6 Å². The van der Waals surface area contributed by atoms with Gasteiger partial charge in [-0.15, -0.1) is 0 Å². The molecule has 11 rings (SSSR count). The molecule has 6 aromatic carbocycles. The van der Waals surface area contributed by atoms with Gasteiger partial charge in [-0.05, 0) is 48.5 Å². The highest BCUT2D eigenvalue weighted by atomic mass is 16.3. The van der Waals surface area contributed by atoms with Crippen molar-refractivity contribution in [3.05, 3.63) is 164 Å². The van der Waals surface area contributed by atoms with Gasteiger partial charge < -0.3 is 13.6 Å².